The second-order valence-corrected chi connectivity index (χ2v) is 9.39. The third kappa shape index (κ3) is 4.75. The van der Waals surface area contributed by atoms with Crippen LogP contribution in [0.1, 0.15) is 33.4 Å². The predicted octanol–water partition coefficient (Wildman–Crippen LogP) is 3.36. The molecule has 1 aromatic carbocycles. The van der Waals surface area contributed by atoms with Crippen molar-refractivity contribution in [3.63, 3.8) is 0 Å². The summed E-state index contributed by atoms with van der Waals surface area (Å²) in [4.78, 5) is 25.1. The van der Waals surface area contributed by atoms with E-state index in [1.165, 1.54) is 10.6 Å². The Labute approximate surface area is 201 Å². The normalized spacial score (nSPS) is 16.4. The molecule has 2 aromatic rings. The fourth-order valence-corrected chi connectivity index (χ4v) is 4.41. The SMILES string of the molecule is CC(C)NC1CN(c2ccc(N3CCN(c4cccc(C(=N)N(C=N)C(C)C)n4)C3=O)cc2)C1. The van der Waals surface area contributed by atoms with Gasteiger partial charge in [0.2, 0.25) is 0 Å². The lowest BCUT2D eigenvalue weighted by molar-refractivity contribution is 0.255. The van der Waals surface area contributed by atoms with Crippen molar-refractivity contribution in [3.05, 3.63) is 48.2 Å². The van der Waals surface area contributed by atoms with Crippen LogP contribution in [0.2, 0.25) is 0 Å². The summed E-state index contributed by atoms with van der Waals surface area (Å²) in [5, 5.41) is 19.6. The summed E-state index contributed by atoms with van der Waals surface area (Å²) in [7, 11) is 0. The molecule has 2 aliphatic heterocycles. The van der Waals surface area contributed by atoms with Crippen molar-refractivity contribution in [3.8, 4) is 0 Å². The second kappa shape index (κ2) is 9.80. The summed E-state index contributed by atoms with van der Waals surface area (Å²) in [6.07, 6.45) is 1.13. The molecule has 0 atom stereocenters. The first-order valence-electron chi connectivity index (χ1n) is 11.8. The van der Waals surface area contributed by atoms with Gasteiger partial charge in [0.05, 0.1) is 6.34 Å². The molecule has 0 spiro atoms. The molecule has 9 nitrogen and oxygen atoms in total. The Hall–Kier alpha value is -3.46. The molecule has 2 aliphatic rings. The van der Waals surface area contributed by atoms with Gasteiger partial charge < -0.3 is 15.1 Å². The number of pyridine rings is 1. The number of rotatable bonds is 8. The van der Waals surface area contributed by atoms with E-state index in [0.717, 1.165) is 25.1 Å². The molecule has 0 aliphatic carbocycles. The van der Waals surface area contributed by atoms with Gasteiger partial charge in [-0.15, -0.1) is 0 Å². The van der Waals surface area contributed by atoms with E-state index in [4.69, 9.17) is 10.8 Å². The molecular formula is C25H34N8O. The first-order valence-corrected chi connectivity index (χ1v) is 11.8. The zero-order valence-corrected chi connectivity index (χ0v) is 20.3. The summed E-state index contributed by atoms with van der Waals surface area (Å²) in [5.74, 6) is 0.659. The average molecular weight is 463 g/mol. The predicted molar refractivity (Wildman–Crippen MR) is 138 cm³/mol. The van der Waals surface area contributed by atoms with Gasteiger partial charge in [-0.25, -0.2) is 9.78 Å². The van der Waals surface area contributed by atoms with E-state index in [1.807, 2.05) is 26.0 Å². The van der Waals surface area contributed by atoms with Crippen LogP contribution >= 0.6 is 0 Å². The number of hydrogen-bond acceptors (Lipinski definition) is 6. The Balaban J connectivity index is 1.42. The lowest BCUT2D eigenvalue weighted by Gasteiger charge is -2.42. The first-order chi connectivity index (χ1) is 16.3. The fraction of sp³-hybridized carbons (Fsp3) is 0.440. The fourth-order valence-electron chi connectivity index (χ4n) is 4.41. The van der Waals surface area contributed by atoms with Gasteiger partial charge in [0.15, 0.2) is 5.84 Å². The Kier molecular flexibility index (Phi) is 6.83. The third-order valence-electron chi connectivity index (χ3n) is 6.19. The van der Waals surface area contributed by atoms with Crippen LogP contribution in [0.3, 0.4) is 0 Å². The maximum atomic E-state index is 13.2. The topological polar surface area (TPSA) is 103 Å². The zero-order chi connectivity index (χ0) is 24.4. The first kappa shape index (κ1) is 23.7. The molecule has 1 aromatic heterocycles. The zero-order valence-electron chi connectivity index (χ0n) is 20.3. The van der Waals surface area contributed by atoms with E-state index >= 15 is 0 Å². The number of carbonyl (C=O) groups excluding carboxylic acids is 1. The lowest BCUT2D eigenvalue weighted by atomic mass is 10.1. The van der Waals surface area contributed by atoms with Gasteiger partial charge in [-0.1, -0.05) is 19.9 Å². The average Bonchev–Trinajstić information content (AvgIpc) is 3.17. The molecule has 3 heterocycles. The molecule has 180 valence electrons. The summed E-state index contributed by atoms with van der Waals surface area (Å²) >= 11 is 0. The standard InChI is InChI=1S/C25H34N8O/c1-17(2)28-19-14-30(15-19)20-8-10-21(11-9-20)31-12-13-32(25(31)34)23-7-5-6-22(29-23)24(27)33(16-26)18(3)4/h5-11,16-19,26-28H,12-15H2,1-4H3. The van der Waals surface area contributed by atoms with Crippen molar-refractivity contribution in [2.75, 3.05) is 40.9 Å². The van der Waals surface area contributed by atoms with Crippen LogP contribution in [0, 0.1) is 10.8 Å². The van der Waals surface area contributed by atoms with Gasteiger partial charge in [-0.3, -0.25) is 20.6 Å². The van der Waals surface area contributed by atoms with Crippen LogP contribution in [-0.2, 0) is 0 Å². The van der Waals surface area contributed by atoms with Crippen LogP contribution in [0.4, 0.5) is 22.0 Å². The minimum Gasteiger partial charge on any atom is -0.368 e. The van der Waals surface area contributed by atoms with Crippen molar-refractivity contribution in [2.45, 2.75) is 45.8 Å². The van der Waals surface area contributed by atoms with Crippen molar-refractivity contribution in [2.24, 2.45) is 0 Å². The number of nitrogens with one attached hydrogen (secondary N) is 3. The molecular weight excluding hydrogens is 428 g/mol. The Morgan fingerprint density at radius 3 is 2.32 bits per heavy atom. The highest BCUT2D eigenvalue weighted by atomic mass is 16.2. The summed E-state index contributed by atoms with van der Waals surface area (Å²) < 4.78 is 0. The minimum absolute atomic E-state index is 0.0315. The van der Waals surface area contributed by atoms with Crippen LogP contribution in [0.5, 0.6) is 0 Å². The molecule has 0 saturated carbocycles. The second-order valence-electron chi connectivity index (χ2n) is 9.39. The number of anilines is 3. The molecule has 34 heavy (non-hydrogen) atoms. The highest BCUT2D eigenvalue weighted by Crippen LogP contribution is 2.28. The Bertz CT molecular complexity index is 1050. The molecule has 2 saturated heterocycles. The minimum atomic E-state index is -0.123. The number of urea groups is 1. The largest absolute Gasteiger partial charge is 0.368 e. The molecule has 3 N–H and O–H groups in total. The quantitative estimate of drug-likeness (QED) is 0.412. The van der Waals surface area contributed by atoms with Crippen molar-refractivity contribution >= 4 is 35.4 Å². The van der Waals surface area contributed by atoms with E-state index in [9.17, 15) is 4.79 Å². The van der Waals surface area contributed by atoms with Crippen LogP contribution < -0.4 is 20.0 Å². The van der Waals surface area contributed by atoms with Gasteiger partial charge in [0.1, 0.15) is 11.5 Å². The maximum Gasteiger partial charge on any atom is 0.330 e. The van der Waals surface area contributed by atoms with E-state index in [1.54, 1.807) is 28.0 Å². The molecule has 0 radical (unpaired) electrons. The number of aromatic nitrogens is 1. The molecule has 0 unspecified atom stereocenters. The smallest absolute Gasteiger partial charge is 0.330 e. The van der Waals surface area contributed by atoms with Gasteiger partial charge in [0, 0.05) is 55.7 Å². The van der Waals surface area contributed by atoms with E-state index in [-0.39, 0.29) is 17.9 Å². The highest BCUT2D eigenvalue weighted by molar-refractivity contribution is 6.06. The van der Waals surface area contributed by atoms with Crippen LogP contribution in [0.15, 0.2) is 42.5 Å². The Morgan fingerprint density at radius 2 is 1.71 bits per heavy atom. The third-order valence-corrected chi connectivity index (χ3v) is 6.19. The number of hydrogen-bond donors (Lipinski definition) is 3. The van der Waals surface area contributed by atoms with Crippen LogP contribution in [0.25, 0.3) is 0 Å². The molecule has 4 rings (SSSR count). The molecule has 2 fully saturated rings. The lowest BCUT2D eigenvalue weighted by Crippen LogP contribution is -2.59. The highest BCUT2D eigenvalue weighted by Gasteiger charge is 2.32. The summed E-state index contributed by atoms with van der Waals surface area (Å²) in [6.45, 7) is 11.3. The van der Waals surface area contributed by atoms with E-state index in [0.29, 0.717) is 36.7 Å². The number of amidine groups is 1. The molecule has 0 bridgehead atoms. The Morgan fingerprint density at radius 1 is 1.06 bits per heavy atom. The van der Waals surface area contributed by atoms with E-state index in [2.05, 4.69) is 41.2 Å². The van der Waals surface area contributed by atoms with Crippen molar-refractivity contribution < 1.29 is 4.79 Å². The van der Waals surface area contributed by atoms with Crippen LogP contribution in [-0.4, -0.2) is 72.4 Å². The number of carbonyl (C=O) groups is 1. The number of nitrogens with zero attached hydrogens (tertiary/aromatic N) is 5. The number of benzene rings is 1. The van der Waals surface area contributed by atoms with Gasteiger partial charge >= 0.3 is 6.03 Å². The maximum absolute atomic E-state index is 13.2. The van der Waals surface area contributed by atoms with Gasteiger partial charge in [0.25, 0.3) is 0 Å². The van der Waals surface area contributed by atoms with Gasteiger partial charge in [-0.2, -0.15) is 0 Å². The summed E-state index contributed by atoms with van der Waals surface area (Å²) in [6, 6.07) is 14.4. The van der Waals surface area contributed by atoms with Crippen molar-refractivity contribution in [1.29, 1.82) is 10.8 Å². The number of amides is 2. The molecule has 9 heteroatoms. The van der Waals surface area contributed by atoms with E-state index < -0.39 is 0 Å². The monoisotopic (exact) mass is 462 g/mol. The van der Waals surface area contributed by atoms with Gasteiger partial charge in [-0.05, 0) is 50.2 Å². The van der Waals surface area contributed by atoms with Crippen molar-refractivity contribution in [1.82, 2.24) is 15.2 Å². The molecule has 2 amide bonds. The summed E-state index contributed by atoms with van der Waals surface area (Å²) in [5.41, 5.74) is 2.47.